The maximum Gasteiger partial charge on any atom is 0.293 e. The number of carbonyl (C=O) groups excluding carboxylic acids is 2. The molecule has 1 aromatic rings. The zero-order valence-corrected chi connectivity index (χ0v) is 14.1. The van der Waals surface area contributed by atoms with E-state index in [1.54, 1.807) is 6.08 Å². The van der Waals surface area contributed by atoms with Crippen LogP contribution in [0.15, 0.2) is 29.2 Å². The molecule has 2 amide bonds. The molecule has 0 saturated carbocycles. The van der Waals surface area contributed by atoms with E-state index < -0.39 is 0 Å². The molecule has 0 bridgehead atoms. The zero-order chi connectivity index (χ0) is 16.3. The Labute approximate surface area is 135 Å². The maximum absolute atomic E-state index is 12.2. The molecular weight excluding hydrogens is 298 g/mol. The van der Waals surface area contributed by atoms with Crippen LogP contribution in [0.3, 0.4) is 0 Å². The van der Waals surface area contributed by atoms with Crippen molar-refractivity contribution in [1.82, 2.24) is 4.90 Å². The number of amides is 2. The molecule has 0 radical (unpaired) electrons. The number of rotatable bonds is 5. The fourth-order valence-electron chi connectivity index (χ4n) is 2.03. The van der Waals surface area contributed by atoms with Gasteiger partial charge in [-0.05, 0) is 62.7 Å². The number of benzene rings is 1. The minimum atomic E-state index is -0.218. The van der Waals surface area contributed by atoms with Gasteiger partial charge in [0.05, 0.1) is 11.0 Å². The van der Waals surface area contributed by atoms with Crippen LogP contribution in [0.5, 0.6) is 5.75 Å². The summed E-state index contributed by atoms with van der Waals surface area (Å²) in [6.45, 7) is 7.76. The average molecular weight is 319 g/mol. The summed E-state index contributed by atoms with van der Waals surface area (Å²) >= 11 is 0.991. The molecule has 22 heavy (non-hydrogen) atoms. The molecule has 1 aliphatic rings. The van der Waals surface area contributed by atoms with E-state index in [2.05, 4.69) is 6.92 Å². The van der Waals surface area contributed by atoms with Crippen LogP contribution in [0.25, 0.3) is 6.08 Å². The first kappa shape index (κ1) is 16.6. The first-order valence-corrected chi connectivity index (χ1v) is 8.27. The standard InChI is InChI=1S/C17H21NO3S/c1-5-12(4)21-14-8-6-13(7-9-14)10-15-16(19)18(11(2)3)17(20)22-15/h6-12H,5H2,1-4H3/b15-10+/t12-/m1/s1. The van der Waals surface area contributed by atoms with Gasteiger partial charge in [-0.15, -0.1) is 0 Å². The monoisotopic (exact) mass is 319 g/mol. The summed E-state index contributed by atoms with van der Waals surface area (Å²) in [6, 6.07) is 7.42. The van der Waals surface area contributed by atoms with E-state index in [0.29, 0.717) is 4.91 Å². The van der Waals surface area contributed by atoms with Gasteiger partial charge in [0.1, 0.15) is 5.75 Å². The summed E-state index contributed by atoms with van der Waals surface area (Å²) in [7, 11) is 0. The molecule has 0 N–H and O–H groups in total. The molecule has 1 aliphatic heterocycles. The van der Waals surface area contributed by atoms with Gasteiger partial charge in [-0.1, -0.05) is 19.1 Å². The SMILES string of the molecule is CC[C@@H](C)Oc1ccc(/C=C2/SC(=O)N(C(C)C)C2=O)cc1. The fourth-order valence-corrected chi connectivity index (χ4v) is 3.00. The Morgan fingerprint density at radius 2 is 1.82 bits per heavy atom. The lowest BCUT2D eigenvalue weighted by Gasteiger charge is -2.16. The van der Waals surface area contributed by atoms with E-state index in [1.807, 2.05) is 45.0 Å². The quantitative estimate of drug-likeness (QED) is 0.759. The van der Waals surface area contributed by atoms with Crippen molar-refractivity contribution in [2.24, 2.45) is 0 Å². The normalized spacial score (nSPS) is 18.4. The maximum atomic E-state index is 12.2. The highest BCUT2D eigenvalue weighted by Crippen LogP contribution is 2.33. The van der Waals surface area contributed by atoms with Gasteiger partial charge in [-0.3, -0.25) is 14.5 Å². The number of thioether (sulfide) groups is 1. The van der Waals surface area contributed by atoms with E-state index >= 15 is 0 Å². The predicted molar refractivity (Wildman–Crippen MR) is 89.8 cm³/mol. The van der Waals surface area contributed by atoms with Gasteiger partial charge in [-0.2, -0.15) is 0 Å². The third kappa shape index (κ3) is 3.71. The van der Waals surface area contributed by atoms with E-state index in [9.17, 15) is 9.59 Å². The molecule has 0 spiro atoms. The second kappa shape index (κ2) is 7.01. The van der Waals surface area contributed by atoms with Crippen molar-refractivity contribution in [2.45, 2.75) is 46.3 Å². The third-order valence-corrected chi connectivity index (χ3v) is 4.31. The Balaban J connectivity index is 2.13. The number of hydrogen-bond donors (Lipinski definition) is 0. The van der Waals surface area contributed by atoms with E-state index in [4.69, 9.17) is 4.74 Å². The first-order valence-electron chi connectivity index (χ1n) is 7.46. The molecule has 0 unspecified atom stereocenters. The largest absolute Gasteiger partial charge is 0.491 e. The van der Waals surface area contributed by atoms with E-state index in [0.717, 1.165) is 29.5 Å². The second-order valence-corrected chi connectivity index (χ2v) is 6.54. The molecule has 4 nitrogen and oxygen atoms in total. The molecule has 118 valence electrons. The molecule has 1 aromatic carbocycles. The Bertz CT molecular complexity index is 592. The first-order chi connectivity index (χ1) is 10.4. The number of ether oxygens (including phenoxy) is 1. The van der Waals surface area contributed by atoms with Gasteiger partial charge >= 0.3 is 0 Å². The Hall–Kier alpha value is -1.75. The van der Waals surface area contributed by atoms with Crippen LogP contribution in [0.4, 0.5) is 4.79 Å². The third-order valence-electron chi connectivity index (χ3n) is 3.43. The molecule has 2 rings (SSSR count). The van der Waals surface area contributed by atoms with Crippen LogP contribution in [-0.2, 0) is 4.79 Å². The lowest BCUT2D eigenvalue weighted by Crippen LogP contribution is -2.34. The number of carbonyl (C=O) groups is 2. The molecule has 0 aliphatic carbocycles. The summed E-state index contributed by atoms with van der Waals surface area (Å²) in [6.07, 6.45) is 2.87. The molecule has 0 aromatic heterocycles. The van der Waals surface area contributed by atoms with Crippen molar-refractivity contribution in [3.63, 3.8) is 0 Å². The van der Waals surface area contributed by atoms with Crippen LogP contribution in [-0.4, -0.2) is 28.2 Å². The van der Waals surface area contributed by atoms with Crippen LogP contribution in [0.1, 0.15) is 39.7 Å². The van der Waals surface area contributed by atoms with Crippen molar-refractivity contribution in [3.05, 3.63) is 34.7 Å². The average Bonchev–Trinajstić information content (AvgIpc) is 2.75. The molecule has 1 atom stereocenters. The molecule has 5 heteroatoms. The number of imide groups is 1. The lowest BCUT2D eigenvalue weighted by molar-refractivity contribution is -0.123. The summed E-state index contributed by atoms with van der Waals surface area (Å²) in [4.78, 5) is 25.8. The number of hydrogen-bond acceptors (Lipinski definition) is 4. The minimum absolute atomic E-state index is 0.121. The van der Waals surface area contributed by atoms with Crippen molar-refractivity contribution in [1.29, 1.82) is 0 Å². The van der Waals surface area contributed by atoms with Gasteiger partial charge in [0.25, 0.3) is 11.1 Å². The summed E-state index contributed by atoms with van der Waals surface area (Å²) < 4.78 is 5.72. The summed E-state index contributed by atoms with van der Waals surface area (Å²) in [5.41, 5.74) is 0.880. The minimum Gasteiger partial charge on any atom is -0.491 e. The van der Waals surface area contributed by atoms with Crippen molar-refractivity contribution < 1.29 is 14.3 Å². The second-order valence-electron chi connectivity index (χ2n) is 5.55. The van der Waals surface area contributed by atoms with Crippen molar-refractivity contribution >= 4 is 29.0 Å². The highest BCUT2D eigenvalue weighted by Gasteiger charge is 2.36. The lowest BCUT2D eigenvalue weighted by atomic mass is 10.2. The highest BCUT2D eigenvalue weighted by atomic mass is 32.2. The molecule has 1 fully saturated rings. The van der Waals surface area contributed by atoms with Crippen molar-refractivity contribution in [2.75, 3.05) is 0 Å². The van der Waals surface area contributed by atoms with Gasteiger partial charge in [0, 0.05) is 6.04 Å². The summed E-state index contributed by atoms with van der Waals surface area (Å²) in [5, 5.41) is -0.206. The van der Waals surface area contributed by atoms with Gasteiger partial charge in [-0.25, -0.2) is 0 Å². The van der Waals surface area contributed by atoms with Crippen LogP contribution in [0.2, 0.25) is 0 Å². The zero-order valence-electron chi connectivity index (χ0n) is 13.3. The molecular formula is C17H21NO3S. The Morgan fingerprint density at radius 3 is 2.32 bits per heavy atom. The number of nitrogens with zero attached hydrogens (tertiary/aromatic N) is 1. The van der Waals surface area contributed by atoms with E-state index in [-0.39, 0.29) is 23.3 Å². The summed E-state index contributed by atoms with van der Waals surface area (Å²) in [5.74, 6) is 0.590. The topological polar surface area (TPSA) is 46.6 Å². The molecule has 1 heterocycles. The van der Waals surface area contributed by atoms with Gasteiger partial charge in [0.2, 0.25) is 0 Å². The van der Waals surface area contributed by atoms with Crippen LogP contribution in [0, 0.1) is 0 Å². The molecule has 1 saturated heterocycles. The smallest absolute Gasteiger partial charge is 0.293 e. The van der Waals surface area contributed by atoms with Gasteiger partial charge in [0.15, 0.2) is 0 Å². The predicted octanol–water partition coefficient (Wildman–Crippen LogP) is 4.31. The Morgan fingerprint density at radius 1 is 1.18 bits per heavy atom. The van der Waals surface area contributed by atoms with Crippen LogP contribution >= 0.6 is 11.8 Å². The van der Waals surface area contributed by atoms with E-state index in [1.165, 1.54) is 4.90 Å². The van der Waals surface area contributed by atoms with Crippen molar-refractivity contribution in [3.8, 4) is 5.75 Å². The highest BCUT2D eigenvalue weighted by molar-refractivity contribution is 8.18. The Kier molecular flexibility index (Phi) is 5.29. The van der Waals surface area contributed by atoms with Gasteiger partial charge < -0.3 is 4.74 Å². The van der Waals surface area contributed by atoms with Crippen LogP contribution < -0.4 is 4.74 Å². The fraction of sp³-hybridized carbons (Fsp3) is 0.412.